The van der Waals surface area contributed by atoms with Gasteiger partial charge in [-0.15, -0.1) is 24.0 Å². The summed E-state index contributed by atoms with van der Waals surface area (Å²) in [6.07, 6.45) is 1.01. The number of nitrogens with one attached hydrogen (secondary N) is 2. The number of hydrogen-bond acceptors (Lipinski definition) is 2. The number of guanidine groups is 1. The Morgan fingerprint density at radius 1 is 1.26 bits per heavy atom. The molecule has 0 unspecified atom stereocenters. The van der Waals surface area contributed by atoms with Crippen LogP contribution in [0.15, 0.2) is 29.3 Å². The molecule has 0 aliphatic heterocycles. The van der Waals surface area contributed by atoms with Gasteiger partial charge in [0.1, 0.15) is 12.4 Å². The van der Waals surface area contributed by atoms with Crippen LogP contribution in [-0.4, -0.2) is 32.6 Å². The van der Waals surface area contributed by atoms with E-state index in [-0.39, 0.29) is 24.0 Å². The molecule has 0 bridgehead atoms. The highest BCUT2D eigenvalue weighted by molar-refractivity contribution is 14.0. The van der Waals surface area contributed by atoms with E-state index >= 15 is 0 Å². The van der Waals surface area contributed by atoms with Crippen LogP contribution in [0.5, 0.6) is 5.75 Å². The Morgan fingerprint density at radius 2 is 2.04 bits per heavy atom. The topological polar surface area (TPSA) is 45.7 Å². The Bertz CT molecular complexity index is 459. The Labute approximate surface area is 154 Å². The molecule has 132 valence electrons. The van der Waals surface area contributed by atoms with Gasteiger partial charge in [-0.25, -0.2) is 8.78 Å². The highest BCUT2D eigenvalue weighted by Crippen LogP contribution is 2.14. The van der Waals surface area contributed by atoms with Crippen molar-refractivity contribution >= 4 is 29.9 Å². The van der Waals surface area contributed by atoms with Gasteiger partial charge in [-0.05, 0) is 24.1 Å². The number of halogens is 3. The summed E-state index contributed by atoms with van der Waals surface area (Å²) in [5, 5.41) is 6.43. The second kappa shape index (κ2) is 13.3. The maximum atomic E-state index is 12.1. The zero-order chi connectivity index (χ0) is 16.2. The summed E-state index contributed by atoms with van der Waals surface area (Å²) in [7, 11) is 1.72. The van der Waals surface area contributed by atoms with Crippen molar-refractivity contribution in [2.45, 2.75) is 39.2 Å². The first-order valence-electron chi connectivity index (χ1n) is 7.60. The van der Waals surface area contributed by atoms with E-state index in [9.17, 15) is 8.78 Å². The number of ether oxygens (including phenoxy) is 1. The molecule has 1 aromatic carbocycles. The van der Waals surface area contributed by atoms with Crippen molar-refractivity contribution in [1.82, 2.24) is 10.6 Å². The predicted molar refractivity (Wildman–Crippen MR) is 101 cm³/mol. The van der Waals surface area contributed by atoms with Gasteiger partial charge >= 0.3 is 0 Å². The van der Waals surface area contributed by atoms with E-state index in [0.717, 1.165) is 24.5 Å². The molecule has 0 aliphatic rings. The van der Waals surface area contributed by atoms with E-state index in [1.165, 1.54) is 12.8 Å². The van der Waals surface area contributed by atoms with Crippen LogP contribution in [-0.2, 0) is 6.54 Å². The lowest BCUT2D eigenvalue weighted by Crippen LogP contribution is -2.37. The number of rotatable bonds is 9. The fraction of sp³-hybridized carbons (Fsp3) is 0.562. The van der Waals surface area contributed by atoms with Gasteiger partial charge in [0, 0.05) is 20.1 Å². The van der Waals surface area contributed by atoms with Crippen LogP contribution in [0.3, 0.4) is 0 Å². The molecule has 23 heavy (non-hydrogen) atoms. The van der Waals surface area contributed by atoms with E-state index in [1.54, 1.807) is 25.2 Å². The predicted octanol–water partition coefficient (Wildman–Crippen LogP) is 3.80. The molecule has 0 spiro atoms. The van der Waals surface area contributed by atoms with Gasteiger partial charge in [-0.3, -0.25) is 4.99 Å². The van der Waals surface area contributed by atoms with Gasteiger partial charge in [-0.2, -0.15) is 0 Å². The molecule has 0 saturated heterocycles. The molecule has 0 amide bonds. The number of nitrogens with zero attached hydrogens (tertiary/aromatic N) is 1. The minimum absolute atomic E-state index is 0. The van der Waals surface area contributed by atoms with Crippen molar-refractivity contribution in [3.63, 3.8) is 0 Å². The maximum Gasteiger partial charge on any atom is 0.272 e. The summed E-state index contributed by atoms with van der Waals surface area (Å²) in [4.78, 5) is 4.15. The van der Waals surface area contributed by atoms with Crippen LogP contribution in [0.4, 0.5) is 8.78 Å². The van der Waals surface area contributed by atoms with Gasteiger partial charge in [0.15, 0.2) is 5.96 Å². The van der Waals surface area contributed by atoms with Crippen molar-refractivity contribution in [3.8, 4) is 5.75 Å². The lowest BCUT2D eigenvalue weighted by atomic mass is 10.2. The van der Waals surface area contributed by atoms with Crippen molar-refractivity contribution in [3.05, 3.63) is 29.8 Å². The Morgan fingerprint density at radius 3 is 2.70 bits per heavy atom. The molecular weight excluding hydrogens is 415 g/mol. The fourth-order valence-electron chi connectivity index (χ4n) is 1.89. The van der Waals surface area contributed by atoms with Crippen LogP contribution < -0.4 is 15.4 Å². The largest absolute Gasteiger partial charge is 0.488 e. The Balaban J connectivity index is 0.00000484. The molecule has 2 N–H and O–H groups in total. The minimum atomic E-state index is -2.46. The first kappa shape index (κ1) is 21.9. The molecule has 0 aliphatic carbocycles. The first-order valence-corrected chi connectivity index (χ1v) is 7.60. The maximum absolute atomic E-state index is 12.1. The highest BCUT2D eigenvalue weighted by Gasteiger charge is 2.04. The molecule has 7 heteroatoms. The average molecular weight is 441 g/mol. The summed E-state index contributed by atoms with van der Waals surface area (Å²) in [5.74, 6) is 1.18. The van der Waals surface area contributed by atoms with Crippen molar-refractivity contribution < 1.29 is 13.5 Å². The molecule has 0 heterocycles. The molecule has 0 fully saturated rings. The van der Waals surface area contributed by atoms with E-state index in [4.69, 9.17) is 4.74 Å². The normalized spacial score (nSPS) is 11.1. The van der Waals surface area contributed by atoms with Crippen LogP contribution in [0, 0.1) is 0 Å². The zero-order valence-corrected chi connectivity index (χ0v) is 16.0. The second-order valence-electron chi connectivity index (χ2n) is 4.91. The zero-order valence-electron chi connectivity index (χ0n) is 13.6. The molecule has 1 rings (SSSR count). The van der Waals surface area contributed by atoms with Gasteiger partial charge in [0.2, 0.25) is 0 Å². The standard InChI is InChI=1S/C16H25F2N3O.HI/c1-3-4-5-9-20-16(19-2)21-11-13-7-6-8-14(10-13)22-12-15(17)18;/h6-8,10,15H,3-5,9,11-12H2,1-2H3,(H2,19,20,21);1H. The molecule has 0 atom stereocenters. The Hall–Kier alpha value is -1.12. The van der Waals surface area contributed by atoms with Crippen LogP contribution >= 0.6 is 24.0 Å². The van der Waals surface area contributed by atoms with Crippen LogP contribution in [0.1, 0.15) is 31.7 Å². The monoisotopic (exact) mass is 441 g/mol. The number of hydrogen-bond donors (Lipinski definition) is 2. The lowest BCUT2D eigenvalue weighted by molar-refractivity contribution is 0.0818. The number of benzene rings is 1. The number of alkyl halides is 2. The third kappa shape index (κ3) is 10.3. The summed E-state index contributed by atoms with van der Waals surface area (Å²) in [6, 6.07) is 7.12. The summed E-state index contributed by atoms with van der Waals surface area (Å²) >= 11 is 0. The summed E-state index contributed by atoms with van der Waals surface area (Å²) < 4.78 is 29.3. The highest BCUT2D eigenvalue weighted by atomic mass is 127. The molecule has 0 radical (unpaired) electrons. The minimum Gasteiger partial charge on any atom is -0.488 e. The van der Waals surface area contributed by atoms with Crippen molar-refractivity contribution in [1.29, 1.82) is 0 Å². The smallest absolute Gasteiger partial charge is 0.272 e. The molecule has 0 saturated carbocycles. The van der Waals surface area contributed by atoms with Crippen molar-refractivity contribution in [2.75, 3.05) is 20.2 Å². The van der Waals surface area contributed by atoms with Crippen LogP contribution in [0.25, 0.3) is 0 Å². The van der Waals surface area contributed by atoms with Crippen LogP contribution in [0.2, 0.25) is 0 Å². The fourth-order valence-corrected chi connectivity index (χ4v) is 1.89. The number of aliphatic imine (C=N–C) groups is 1. The summed E-state index contributed by atoms with van der Waals surface area (Å²) in [6.45, 7) is 3.01. The molecular formula is C16H26F2IN3O. The second-order valence-corrected chi connectivity index (χ2v) is 4.91. The van der Waals surface area contributed by atoms with Gasteiger partial charge in [0.05, 0.1) is 0 Å². The molecule has 4 nitrogen and oxygen atoms in total. The van der Waals surface area contributed by atoms with Gasteiger partial charge in [-0.1, -0.05) is 31.9 Å². The first-order chi connectivity index (χ1) is 10.7. The van der Waals surface area contributed by atoms with E-state index in [2.05, 4.69) is 22.5 Å². The summed E-state index contributed by atoms with van der Waals surface area (Å²) in [5.41, 5.74) is 0.947. The van der Waals surface area contributed by atoms with Crippen molar-refractivity contribution in [2.24, 2.45) is 4.99 Å². The van der Waals surface area contributed by atoms with E-state index in [1.807, 2.05) is 6.07 Å². The Kier molecular flexibility index (Phi) is 12.7. The third-order valence-electron chi connectivity index (χ3n) is 3.03. The average Bonchev–Trinajstić information content (AvgIpc) is 2.52. The lowest BCUT2D eigenvalue weighted by Gasteiger charge is -2.12. The number of unbranched alkanes of at least 4 members (excludes halogenated alkanes) is 2. The van der Waals surface area contributed by atoms with Gasteiger partial charge in [0.25, 0.3) is 6.43 Å². The third-order valence-corrected chi connectivity index (χ3v) is 3.03. The quantitative estimate of drug-likeness (QED) is 0.265. The van der Waals surface area contributed by atoms with E-state index < -0.39 is 13.0 Å². The van der Waals surface area contributed by atoms with E-state index in [0.29, 0.717) is 12.3 Å². The van der Waals surface area contributed by atoms with Gasteiger partial charge < -0.3 is 15.4 Å². The SMILES string of the molecule is CCCCCNC(=NC)NCc1cccc(OCC(F)F)c1.I. The molecule has 1 aromatic rings. The molecule has 0 aromatic heterocycles.